The molecule has 0 aromatic heterocycles. The fourth-order valence-corrected chi connectivity index (χ4v) is 4.29. The van der Waals surface area contributed by atoms with Crippen LogP contribution in [-0.4, -0.2) is 34.6 Å². The Morgan fingerprint density at radius 1 is 1.16 bits per heavy atom. The van der Waals surface area contributed by atoms with E-state index in [2.05, 4.69) is 18.7 Å². The van der Waals surface area contributed by atoms with Crippen LogP contribution < -0.4 is 0 Å². The number of carbonyl (C=O) groups is 1. The van der Waals surface area contributed by atoms with E-state index in [1.54, 1.807) is 0 Å². The summed E-state index contributed by atoms with van der Waals surface area (Å²) in [6.07, 6.45) is 8.94. The summed E-state index contributed by atoms with van der Waals surface area (Å²) in [5.74, 6) is 0.557. The summed E-state index contributed by atoms with van der Waals surface area (Å²) in [5, 5.41) is 9.41. The van der Waals surface area contributed by atoms with Gasteiger partial charge in [-0.3, -0.25) is 9.69 Å². The highest BCUT2D eigenvalue weighted by Gasteiger charge is 2.46. The van der Waals surface area contributed by atoms with Crippen molar-refractivity contribution >= 4 is 5.97 Å². The maximum Gasteiger partial charge on any atom is 0.305 e. The molecule has 1 N–H and O–H groups in total. The van der Waals surface area contributed by atoms with Crippen LogP contribution in [0.4, 0.5) is 0 Å². The van der Waals surface area contributed by atoms with Gasteiger partial charge < -0.3 is 5.11 Å². The third-order valence-electron chi connectivity index (χ3n) is 5.40. The van der Waals surface area contributed by atoms with Gasteiger partial charge >= 0.3 is 5.97 Å². The van der Waals surface area contributed by atoms with E-state index in [1.165, 1.54) is 38.5 Å². The van der Waals surface area contributed by atoms with E-state index in [0.717, 1.165) is 19.5 Å². The monoisotopic (exact) mass is 267 g/mol. The van der Waals surface area contributed by atoms with Crippen molar-refractivity contribution in [2.45, 2.75) is 70.8 Å². The lowest BCUT2D eigenvalue weighted by atomic mass is 9.67. The predicted octanol–water partition coefficient (Wildman–Crippen LogP) is 3.53. The first-order valence-corrected chi connectivity index (χ1v) is 8.01. The quantitative estimate of drug-likeness (QED) is 0.850. The van der Waals surface area contributed by atoms with Crippen molar-refractivity contribution in [2.24, 2.45) is 11.8 Å². The Kier molecular flexibility index (Phi) is 4.88. The van der Waals surface area contributed by atoms with Gasteiger partial charge in [0.25, 0.3) is 0 Å². The predicted molar refractivity (Wildman–Crippen MR) is 77.2 cm³/mol. The average Bonchev–Trinajstić information content (AvgIpc) is 2.62. The number of rotatable bonds is 3. The van der Waals surface area contributed by atoms with Crippen LogP contribution in [0.1, 0.15) is 65.2 Å². The third-order valence-corrected chi connectivity index (χ3v) is 5.40. The number of nitrogens with zero attached hydrogens (tertiary/aromatic N) is 1. The molecule has 110 valence electrons. The Morgan fingerprint density at radius 3 is 2.37 bits per heavy atom. The highest BCUT2D eigenvalue weighted by molar-refractivity contribution is 5.68. The first kappa shape index (κ1) is 14.8. The normalized spacial score (nSPS) is 37.8. The molecule has 1 aliphatic carbocycles. The van der Waals surface area contributed by atoms with Crippen LogP contribution in [0.25, 0.3) is 0 Å². The van der Waals surface area contributed by atoms with E-state index >= 15 is 0 Å². The fraction of sp³-hybridized carbons (Fsp3) is 0.938. The van der Waals surface area contributed by atoms with Crippen LogP contribution in [0.15, 0.2) is 0 Å². The summed E-state index contributed by atoms with van der Waals surface area (Å²) in [5.41, 5.74) is -0.0756. The van der Waals surface area contributed by atoms with E-state index in [9.17, 15) is 9.90 Å². The Balaban J connectivity index is 2.23. The molecule has 0 aromatic carbocycles. The van der Waals surface area contributed by atoms with Gasteiger partial charge in [0.1, 0.15) is 0 Å². The van der Waals surface area contributed by atoms with Gasteiger partial charge in [-0.25, -0.2) is 0 Å². The van der Waals surface area contributed by atoms with Crippen molar-refractivity contribution in [1.29, 1.82) is 0 Å². The summed E-state index contributed by atoms with van der Waals surface area (Å²) < 4.78 is 0. The largest absolute Gasteiger partial charge is 0.481 e. The Morgan fingerprint density at radius 2 is 1.79 bits per heavy atom. The second kappa shape index (κ2) is 6.25. The van der Waals surface area contributed by atoms with Crippen molar-refractivity contribution < 1.29 is 9.90 Å². The number of hydrogen-bond acceptors (Lipinski definition) is 2. The topological polar surface area (TPSA) is 40.5 Å². The van der Waals surface area contributed by atoms with Crippen LogP contribution in [0.5, 0.6) is 0 Å². The molecule has 3 heteroatoms. The minimum atomic E-state index is -0.620. The molecule has 3 atom stereocenters. The van der Waals surface area contributed by atoms with E-state index in [-0.39, 0.29) is 5.54 Å². The summed E-state index contributed by atoms with van der Waals surface area (Å²) in [6, 6.07) is 0. The van der Waals surface area contributed by atoms with Gasteiger partial charge in [-0.1, -0.05) is 33.1 Å². The SMILES string of the molecule is CC1CCC(C)C(CC(=O)O)(N2CCCCCC2)C1. The molecule has 0 radical (unpaired) electrons. The summed E-state index contributed by atoms with van der Waals surface area (Å²) in [4.78, 5) is 14.0. The fourth-order valence-electron chi connectivity index (χ4n) is 4.29. The molecular formula is C16H29NO2. The van der Waals surface area contributed by atoms with Crippen LogP contribution in [0.3, 0.4) is 0 Å². The van der Waals surface area contributed by atoms with Crippen LogP contribution in [0, 0.1) is 11.8 Å². The zero-order valence-electron chi connectivity index (χ0n) is 12.5. The van der Waals surface area contributed by atoms with E-state index < -0.39 is 5.97 Å². The van der Waals surface area contributed by atoms with Gasteiger partial charge in [0.2, 0.25) is 0 Å². The maximum absolute atomic E-state index is 11.4. The van der Waals surface area contributed by atoms with Gasteiger partial charge in [-0.15, -0.1) is 0 Å². The van der Waals surface area contributed by atoms with Gasteiger partial charge in [-0.2, -0.15) is 0 Å². The summed E-state index contributed by atoms with van der Waals surface area (Å²) in [6.45, 7) is 6.77. The van der Waals surface area contributed by atoms with E-state index in [0.29, 0.717) is 18.3 Å². The lowest BCUT2D eigenvalue weighted by molar-refractivity contribution is -0.143. The molecular weight excluding hydrogens is 238 g/mol. The van der Waals surface area contributed by atoms with Gasteiger partial charge in [-0.05, 0) is 50.6 Å². The van der Waals surface area contributed by atoms with Gasteiger partial charge in [0.05, 0.1) is 6.42 Å². The van der Waals surface area contributed by atoms with Crippen molar-refractivity contribution in [2.75, 3.05) is 13.1 Å². The Hall–Kier alpha value is -0.570. The molecule has 0 aromatic rings. The number of carboxylic acid groups (broad SMARTS) is 1. The molecule has 0 spiro atoms. The van der Waals surface area contributed by atoms with Crippen molar-refractivity contribution in [3.63, 3.8) is 0 Å². The van der Waals surface area contributed by atoms with Gasteiger partial charge in [0.15, 0.2) is 0 Å². The molecule has 3 nitrogen and oxygen atoms in total. The summed E-state index contributed by atoms with van der Waals surface area (Å²) in [7, 11) is 0. The molecule has 1 aliphatic heterocycles. The second-order valence-electron chi connectivity index (χ2n) is 6.86. The van der Waals surface area contributed by atoms with Crippen LogP contribution in [0.2, 0.25) is 0 Å². The minimum Gasteiger partial charge on any atom is -0.481 e. The molecule has 0 amide bonds. The first-order chi connectivity index (χ1) is 9.04. The number of likely N-dealkylation sites (tertiary alicyclic amines) is 1. The van der Waals surface area contributed by atoms with Crippen molar-refractivity contribution in [3.8, 4) is 0 Å². The lowest BCUT2D eigenvalue weighted by Crippen LogP contribution is -2.57. The molecule has 1 saturated heterocycles. The maximum atomic E-state index is 11.4. The molecule has 2 rings (SSSR count). The summed E-state index contributed by atoms with van der Waals surface area (Å²) >= 11 is 0. The molecule has 1 saturated carbocycles. The van der Waals surface area contributed by atoms with Gasteiger partial charge in [0, 0.05) is 5.54 Å². The zero-order chi connectivity index (χ0) is 13.9. The molecule has 2 fully saturated rings. The van der Waals surface area contributed by atoms with Crippen LogP contribution >= 0.6 is 0 Å². The van der Waals surface area contributed by atoms with Crippen LogP contribution in [-0.2, 0) is 4.79 Å². The zero-order valence-corrected chi connectivity index (χ0v) is 12.5. The molecule has 1 heterocycles. The van der Waals surface area contributed by atoms with Crippen molar-refractivity contribution in [1.82, 2.24) is 4.90 Å². The Bertz CT molecular complexity index is 310. The molecule has 19 heavy (non-hydrogen) atoms. The highest BCUT2D eigenvalue weighted by Crippen LogP contribution is 2.44. The molecule has 3 unspecified atom stereocenters. The van der Waals surface area contributed by atoms with Crippen molar-refractivity contribution in [3.05, 3.63) is 0 Å². The Labute approximate surface area is 117 Å². The highest BCUT2D eigenvalue weighted by atomic mass is 16.4. The standard InChI is InChI=1S/C16H29NO2/c1-13-7-8-14(2)16(11-13,12-15(18)19)17-9-5-3-4-6-10-17/h13-14H,3-12H2,1-2H3,(H,18,19). The number of carboxylic acids is 1. The minimum absolute atomic E-state index is 0.0756. The number of aliphatic carboxylic acids is 1. The van der Waals surface area contributed by atoms with E-state index in [1.807, 2.05) is 0 Å². The lowest BCUT2D eigenvalue weighted by Gasteiger charge is -2.51. The molecule has 2 aliphatic rings. The number of hydrogen-bond donors (Lipinski definition) is 1. The smallest absolute Gasteiger partial charge is 0.305 e. The average molecular weight is 267 g/mol. The molecule has 0 bridgehead atoms. The first-order valence-electron chi connectivity index (χ1n) is 8.01. The second-order valence-corrected chi connectivity index (χ2v) is 6.86. The van der Waals surface area contributed by atoms with E-state index in [4.69, 9.17) is 0 Å². The third kappa shape index (κ3) is 3.31.